The third kappa shape index (κ3) is 5.45. The maximum atomic E-state index is 12.5. The molecule has 2 fully saturated rings. The van der Waals surface area contributed by atoms with E-state index in [0.29, 0.717) is 44.5 Å². The van der Waals surface area contributed by atoms with Gasteiger partial charge in [0.1, 0.15) is 0 Å². The molecular weight excluding hydrogens is 366 g/mol. The molecule has 0 aliphatic carbocycles. The van der Waals surface area contributed by atoms with Crippen LogP contribution in [0.4, 0.5) is 4.79 Å². The van der Waals surface area contributed by atoms with E-state index in [0.717, 1.165) is 5.56 Å². The fraction of sp³-hybridized carbons (Fsp3) is 0.579. The van der Waals surface area contributed by atoms with Crippen molar-refractivity contribution in [1.29, 1.82) is 0 Å². The van der Waals surface area contributed by atoms with E-state index in [2.05, 4.69) is 10.6 Å². The molecule has 0 radical (unpaired) electrons. The van der Waals surface area contributed by atoms with Gasteiger partial charge in [0.15, 0.2) is 9.84 Å². The lowest BCUT2D eigenvalue weighted by Gasteiger charge is -2.32. The first-order chi connectivity index (χ1) is 12.8. The Balaban J connectivity index is 1.39. The molecule has 0 saturated carbocycles. The summed E-state index contributed by atoms with van der Waals surface area (Å²) in [5.41, 5.74) is 1.81. The molecule has 3 amide bonds. The summed E-state index contributed by atoms with van der Waals surface area (Å²) < 4.78 is 22.9. The fourth-order valence-corrected chi connectivity index (χ4v) is 5.47. The van der Waals surface area contributed by atoms with Gasteiger partial charge in [0.2, 0.25) is 0 Å². The van der Waals surface area contributed by atoms with Gasteiger partial charge in [0, 0.05) is 31.2 Å². The summed E-state index contributed by atoms with van der Waals surface area (Å²) in [7, 11) is -2.92. The molecule has 1 unspecified atom stereocenters. The van der Waals surface area contributed by atoms with Crippen LogP contribution in [0, 0.1) is 12.8 Å². The van der Waals surface area contributed by atoms with E-state index in [9.17, 15) is 18.0 Å². The van der Waals surface area contributed by atoms with E-state index in [4.69, 9.17) is 0 Å². The molecule has 27 heavy (non-hydrogen) atoms. The summed E-state index contributed by atoms with van der Waals surface area (Å²) in [5.74, 6) is 0.413. The Morgan fingerprint density at radius 1 is 1.11 bits per heavy atom. The topological polar surface area (TPSA) is 95.6 Å². The Bertz CT molecular complexity index is 784. The number of nitrogens with one attached hydrogen (secondary N) is 2. The van der Waals surface area contributed by atoms with Crippen molar-refractivity contribution in [2.24, 2.45) is 5.92 Å². The predicted molar refractivity (Wildman–Crippen MR) is 103 cm³/mol. The van der Waals surface area contributed by atoms with Crippen molar-refractivity contribution in [2.45, 2.75) is 32.2 Å². The highest BCUT2D eigenvalue weighted by Gasteiger charge is 2.28. The van der Waals surface area contributed by atoms with Crippen LogP contribution in [0.2, 0.25) is 0 Å². The van der Waals surface area contributed by atoms with Crippen molar-refractivity contribution >= 4 is 21.8 Å². The number of aryl methyl sites for hydroxylation is 1. The molecule has 2 heterocycles. The lowest BCUT2D eigenvalue weighted by Crippen LogP contribution is -2.49. The molecule has 3 rings (SSSR count). The summed E-state index contributed by atoms with van der Waals surface area (Å²) >= 11 is 0. The number of sulfone groups is 1. The Hall–Kier alpha value is -2.09. The standard InChI is InChI=1S/C19H27N3O4S/c1-14-2-4-16(5-3-14)18(23)22-9-6-17(7-10-22)21-19(24)20-12-15-8-11-27(25,26)13-15/h2-5,15,17H,6-13H2,1H3,(H2,20,21,24). The number of piperidine rings is 1. The SMILES string of the molecule is Cc1ccc(C(=O)N2CCC(NC(=O)NCC3CCS(=O)(=O)C3)CC2)cc1. The van der Waals surface area contributed by atoms with Crippen LogP contribution < -0.4 is 10.6 Å². The maximum Gasteiger partial charge on any atom is 0.315 e. The number of likely N-dealkylation sites (tertiary alicyclic amines) is 1. The van der Waals surface area contributed by atoms with E-state index in [-0.39, 0.29) is 35.4 Å². The zero-order valence-electron chi connectivity index (χ0n) is 15.6. The second-order valence-electron chi connectivity index (χ2n) is 7.56. The predicted octanol–water partition coefficient (Wildman–Crippen LogP) is 1.33. The van der Waals surface area contributed by atoms with Gasteiger partial charge in [-0.2, -0.15) is 0 Å². The summed E-state index contributed by atoms with van der Waals surface area (Å²) in [6.45, 7) is 3.59. The van der Waals surface area contributed by atoms with Crippen LogP contribution in [-0.2, 0) is 9.84 Å². The van der Waals surface area contributed by atoms with Gasteiger partial charge in [0.05, 0.1) is 11.5 Å². The van der Waals surface area contributed by atoms with E-state index in [1.54, 1.807) is 0 Å². The van der Waals surface area contributed by atoms with Crippen molar-refractivity contribution in [1.82, 2.24) is 15.5 Å². The van der Waals surface area contributed by atoms with E-state index in [1.165, 1.54) is 0 Å². The molecule has 2 aliphatic heterocycles. The highest BCUT2D eigenvalue weighted by Crippen LogP contribution is 2.17. The van der Waals surface area contributed by atoms with Crippen molar-refractivity contribution in [3.63, 3.8) is 0 Å². The zero-order valence-corrected chi connectivity index (χ0v) is 16.4. The number of carbonyl (C=O) groups excluding carboxylic acids is 2. The highest BCUT2D eigenvalue weighted by molar-refractivity contribution is 7.91. The molecule has 2 aliphatic rings. The second kappa shape index (κ2) is 8.29. The van der Waals surface area contributed by atoms with Gasteiger partial charge >= 0.3 is 6.03 Å². The minimum atomic E-state index is -2.92. The lowest BCUT2D eigenvalue weighted by molar-refractivity contribution is 0.0708. The Morgan fingerprint density at radius 2 is 1.78 bits per heavy atom. The number of benzene rings is 1. The average molecular weight is 394 g/mol. The van der Waals surface area contributed by atoms with Crippen LogP contribution in [0.15, 0.2) is 24.3 Å². The van der Waals surface area contributed by atoms with Gasteiger partial charge in [-0.25, -0.2) is 13.2 Å². The average Bonchev–Trinajstić information content (AvgIpc) is 3.00. The normalized spacial score (nSPS) is 22.4. The van der Waals surface area contributed by atoms with Gasteiger partial charge in [-0.3, -0.25) is 4.79 Å². The smallest absolute Gasteiger partial charge is 0.315 e. The van der Waals surface area contributed by atoms with Gasteiger partial charge in [-0.1, -0.05) is 17.7 Å². The quantitative estimate of drug-likeness (QED) is 0.807. The second-order valence-corrected chi connectivity index (χ2v) is 9.78. The number of hydrogen-bond donors (Lipinski definition) is 2. The molecular formula is C19H27N3O4S. The lowest BCUT2D eigenvalue weighted by atomic mass is 10.0. The minimum Gasteiger partial charge on any atom is -0.338 e. The van der Waals surface area contributed by atoms with Gasteiger partial charge in [-0.05, 0) is 44.2 Å². The van der Waals surface area contributed by atoms with Crippen LogP contribution in [0.5, 0.6) is 0 Å². The minimum absolute atomic E-state index is 0.00901. The molecule has 0 bridgehead atoms. The Morgan fingerprint density at radius 3 is 2.37 bits per heavy atom. The molecule has 8 heteroatoms. The van der Waals surface area contributed by atoms with Crippen molar-refractivity contribution in [3.05, 3.63) is 35.4 Å². The molecule has 1 atom stereocenters. The number of rotatable bonds is 4. The maximum absolute atomic E-state index is 12.5. The van der Waals surface area contributed by atoms with Crippen molar-refractivity contribution in [3.8, 4) is 0 Å². The largest absolute Gasteiger partial charge is 0.338 e. The number of amides is 3. The Kier molecular flexibility index (Phi) is 6.04. The summed E-state index contributed by atoms with van der Waals surface area (Å²) in [4.78, 5) is 26.4. The highest BCUT2D eigenvalue weighted by atomic mass is 32.2. The molecule has 0 spiro atoms. The zero-order chi connectivity index (χ0) is 19.4. The van der Waals surface area contributed by atoms with Gasteiger partial charge in [0.25, 0.3) is 5.91 Å². The summed E-state index contributed by atoms with van der Waals surface area (Å²) in [6, 6.07) is 7.32. The summed E-state index contributed by atoms with van der Waals surface area (Å²) in [5, 5.41) is 5.71. The first kappa shape index (κ1) is 19.7. The number of hydrogen-bond acceptors (Lipinski definition) is 4. The first-order valence-electron chi connectivity index (χ1n) is 9.43. The molecule has 148 valence electrons. The molecule has 1 aromatic carbocycles. The molecule has 2 N–H and O–H groups in total. The van der Waals surface area contributed by atoms with E-state index in [1.807, 2.05) is 36.1 Å². The van der Waals surface area contributed by atoms with Crippen LogP contribution >= 0.6 is 0 Å². The third-order valence-corrected chi connectivity index (χ3v) is 7.13. The number of urea groups is 1. The first-order valence-corrected chi connectivity index (χ1v) is 11.3. The van der Waals surface area contributed by atoms with E-state index >= 15 is 0 Å². The van der Waals surface area contributed by atoms with Gasteiger partial charge < -0.3 is 15.5 Å². The van der Waals surface area contributed by atoms with E-state index < -0.39 is 9.84 Å². The van der Waals surface area contributed by atoms with Crippen LogP contribution in [0.1, 0.15) is 35.2 Å². The fourth-order valence-electron chi connectivity index (χ4n) is 3.61. The van der Waals surface area contributed by atoms with Crippen LogP contribution in [0.25, 0.3) is 0 Å². The molecule has 1 aromatic rings. The van der Waals surface area contributed by atoms with Crippen LogP contribution in [0.3, 0.4) is 0 Å². The van der Waals surface area contributed by atoms with Crippen molar-refractivity contribution in [2.75, 3.05) is 31.1 Å². The van der Waals surface area contributed by atoms with Crippen LogP contribution in [-0.4, -0.2) is 62.4 Å². The Labute approximate surface area is 160 Å². The number of carbonyl (C=O) groups is 2. The molecule has 0 aromatic heterocycles. The number of nitrogens with zero attached hydrogens (tertiary/aromatic N) is 1. The monoisotopic (exact) mass is 393 g/mol. The third-order valence-electron chi connectivity index (χ3n) is 5.29. The van der Waals surface area contributed by atoms with Crippen molar-refractivity contribution < 1.29 is 18.0 Å². The summed E-state index contributed by atoms with van der Waals surface area (Å²) in [6.07, 6.45) is 2.04. The molecule has 2 saturated heterocycles. The molecule has 7 nitrogen and oxygen atoms in total. The van der Waals surface area contributed by atoms with Gasteiger partial charge in [-0.15, -0.1) is 0 Å².